The molecule has 5 rings (SSSR count). The molecular formula is C28H20ClN7O3. The van der Waals surface area contributed by atoms with E-state index in [1.54, 1.807) is 18.2 Å². The summed E-state index contributed by atoms with van der Waals surface area (Å²) in [7, 11) is 0. The molecule has 5 aromatic rings. The highest BCUT2D eigenvalue weighted by molar-refractivity contribution is 6.35. The van der Waals surface area contributed by atoms with E-state index in [9.17, 15) is 9.59 Å². The van der Waals surface area contributed by atoms with Crippen molar-refractivity contribution in [3.05, 3.63) is 111 Å². The highest BCUT2D eigenvalue weighted by atomic mass is 35.5. The number of aromatic nitrogens is 5. The van der Waals surface area contributed by atoms with Crippen LogP contribution >= 0.6 is 11.6 Å². The maximum Gasteiger partial charge on any atom is 0.337 e. The Morgan fingerprint density at radius 2 is 1.85 bits per heavy atom. The van der Waals surface area contributed by atoms with Crippen LogP contribution in [0, 0.1) is 11.8 Å². The Labute approximate surface area is 227 Å². The quantitative estimate of drug-likeness (QED) is 0.282. The number of carboxylic acids is 1. The summed E-state index contributed by atoms with van der Waals surface area (Å²) in [5.74, 6) is 5.57. The highest BCUT2D eigenvalue weighted by Crippen LogP contribution is 2.26. The summed E-state index contributed by atoms with van der Waals surface area (Å²) < 4.78 is 1.51. The van der Waals surface area contributed by atoms with E-state index in [2.05, 4.69) is 32.1 Å². The normalized spacial score (nSPS) is 11.4. The third kappa shape index (κ3) is 5.12. The molecule has 11 heteroatoms. The molecule has 0 aliphatic rings. The number of pyridine rings is 1. The minimum absolute atomic E-state index is 0.0490. The molecule has 10 nitrogen and oxygen atoms in total. The molecule has 4 N–H and O–H groups in total. The molecule has 0 bridgehead atoms. The number of fused-ring (bicyclic) bond motifs is 1. The lowest BCUT2D eigenvalue weighted by molar-refractivity contribution is 0.0696. The van der Waals surface area contributed by atoms with Gasteiger partial charge in [0.2, 0.25) is 0 Å². The third-order valence-corrected chi connectivity index (χ3v) is 6.15. The largest absolute Gasteiger partial charge is 0.478 e. The van der Waals surface area contributed by atoms with Crippen molar-refractivity contribution in [2.24, 2.45) is 0 Å². The van der Waals surface area contributed by atoms with Gasteiger partial charge in [0.1, 0.15) is 35.0 Å². The lowest BCUT2D eigenvalue weighted by Gasteiger charge is -2.21. The molecule has 3 aromatic heterocycles. The van der Waals surface area contributed by atoms with Crippen LogP contribution in [0.15, 0.2) is 78.0 Å². The molecule has 0 saturated heterocycles. The number of halogens is 1. The van der Waals surface area contributed by atoms with E-state index in [0.717, 1.165) is 0 Å². The zero-order chi connectivity index (χ0) is 27.5. The summed E-state index contributed by atoms with van der Waals surface area (Å²) in [6.45, 7) is 1.83. The van der Waals surface area contributed by atoms with Gasteiger partial charge in [-0.3, -0.25) is 9.36 Å². The Hall–Kier alpha value is -5.27. The lowest BCUT2D eigenvalue weighted by Crippen LogP contribution is -2.27. The number of nitrogens with one attached hydrogen (secondary N) is 1. The molecule has 0 spiro atoms. The van der Waals surface area contributed by atoms with Gasteiger partial charge in [-0.2, -0.15) is 0 Å². The van der Waals surface area contributed by atoms with Crippen LogP contribution in [0.5, 0.6) is 0 Å². The minimum Gasteiger partial charge on any atom is -0.478 e. The number of nitrogens with two attached hydrogens (primary N) is 1. The van der Waals surface area contributed by atoms with Crippen molar-refractivity contribution in [3.63, 3.8) is 0 Å². The molecule has 0 amide bonds. The number of rotatable bonds is 5. The number of nitrogen functional groups attached to an aromatic ring is 1. The molecule has 1 unspecified atom stereocenters. The predicted octanol–water partition coefficient (Wildman–Crippen LogP) is 4.08. The molecule has 2 aromatic carbocycles. The second-order valence-corrected chi connectivity index (χ2v) is 8.82. The molecule has 0 aliphatic carbocycles. The summed E-state index contributed by atoms with van der Waals surface area (Å²) in [6.07, 6.45) is 2.52. The fraction of sp³-hybridized carbons (Fsp3) is 0.0714. The number of hydrogen-bond donors (Lipinski definition) is 3. The van der Waals surface area contributed by atoms with Gasteiger partial charge in [0, 0.05) is 6.20 Å². The average molecular weight is 538 g/mol. The monoisotopic (exact) mass is 537 g/mol. The van der Waals surface area contributed by atoms with Crippen molar-refractivity contribution in [1.82, 2.24) is 24.5 Å². The Morgan fingerprint density at radius 3 is 2.56 bits per heavy atom. The SMILES string of the molecule is CC(Nc1ncnc(N)c1C#Cc1ccc(C(=O)O)cn1)c1nc2cccc(Cl)c2c(=O)n1-c1ccccc1. The third-order valence-electron chi connectivity index (χ3n) is 5.83. The predicted molar refractivity (Wildman–Crippen MR) is 148 cm³/mol. The Bertz CT molecular complexity index is 1830. The molecule has 1 atom stereocenters. The summed E-state index contributed by atoms with van der Waals surface area (Å²) in [5.41, 5.74) is 7.60. The first-order valence-corrected chi connectivity index (χ1v) is 12.1. The molecule has 39 heavy (non-hydrogen) atoms. The molecule has 3 heterocycles. The standard InChI is InChI=1S/C28H20ClN7O3/c1-16(26-35-22-9-5-8-21(29)23(22)27(37)36(26)19-6-3-2-4-7-19)34-25-20(24(30)32-15-33-25)13-12-18-11-10-17(14-31-18)28(38)39/h2-11,14-16H,1H3,(H,38,39)(H3,30,32,33,34). The van der Waals surface area contributed by atoms with Crippen molar-refractivity contribution in [2.45, 2.75) is 13.0 Å². The van der Waals surface area contributed by atoms with Gasteiger partial charge in [0.05, 0.1) is 33.2 Å². The Balaban J connectivity index is 1.57. The lowest BCUT2D eigenvalue weighted by atomic mass is 10.2. The van der Waals surface area contributed by atoms with Crippen molar-refractivity contribution in [3.8, 4) is 17.5 Å². The topological polar surface area (TPSA) is 149 Å². The van der Waals surface area contributed by atoms with Gasteiger partial charge < -0.3 is 16.2 Å². The summed E-state index contributed by atoms with van der Waals surface area (Å²) in [4.78, 5) is 41.9. The maximum absolute atomic E-state index is 13.7. The summed E-state index contributed by atoms with van der Waals surface area (Å²) >= 11 is 6.38. The van der Waals surface area contributed by atoms with Crippen LogP contribution in [0.25, 0.3) is 16.6 Å². The van der Waals surface area contributed by atoms with E-state index >= 15 is 0 Å². The van der Waals surface area contributed by atoms with Crippen molar-refractivity contribution >= 4 is 40.1 Å². The van der Waals surface area contributed by atoms with Gasteiger partial charge in [0.15, 0.2) is 0 Å². The number of nitrogens with zero attached hydrogens (tertiary/aromatic N) is 5. The van der Waals surface area contributed by atoms with Crippen LogP contribution in [0.1, 0.15) is 40.4 Å². The van der Waals surface area contributed by atoms with Crippen LogP contribution in [0.2, 0.25) is 5.02 Å². The van der Waals surface area contributed by atoms with Gasteiger partial charge in [0.25, 0.3) is 5.56 Å². The Morgan fingerprint density at radius 1 is 1.05 bits per heavy atom. The van der Waals surface area contributed by atoms with E-state index in [0.29, 0.717) is 44.5 Å². The van der Waals surface area contributed by atoms with Gasteiger partial charge in [-0.05, 0) is 49.2 Å². The van der Waals surface area contributed by atoms with Crippen LogP contribution in [0.3, 0.4) is 0 Å². The maximum atomic E-state index is 13.7. The molecular weight excluding hydrogens is 518 g/mol. The van der Waals surface area contributed by atoms with Crippen LogP contribution in [-0.2, 0) is 0 Å². The first-order valence-electron chi connectivity index (χ1n) is 11.7. The Kier molecular flexibility index (Phi) is 6.91. The number of carboxylic acid groups (broad SMARTS) is 1. The highest BCUT2D eigenvalue weighted by Gasteiger charge is 2.21. The summed E-state index contributed by atoms with van der Waals surface area (Å²) in [5, 5.41) is 13.0. The van der Waals surface area contributed by atoms with E-state index in [1.165, 1.54) is 29.2 Å². The fourth-order valence-electron chi connectivity index (χ4n) is 3.95. The van der Waals surface area contributed by atoms with E-state index in [4.69, 9.17) is 27.4 Å². The van der Waals surface area contributed by atoms with E-state index < -0.39 is 12.0 Å². The van der Waals surface area contributed by atoms with Gasteiger partial charge in [-0.1, -0.05) is 41.8 Å². The van der Waals surface area contributed by atoms with Crippen molar-refractivity contribution in [2.75, 3.05) is 11.1 Å². The molecule has 0 aliphatic heterocycles. The summed E-state index contributed by atoms with van der Waals surface area (Å²) in [6, 6.07) is 16.6. The smallest absolute Gasteiger partial charge is 0.337 e. The van der Waals surface area contributed by atoms with Gasteiger partial charge >= 0.3 is 5.97 Å². The molecule has 192 valence electrons. The van der Waals surface area contributed by atoms with Crippen molar-refractivity contribution < 1.29 is 9.90 Å². The number of carbonyl (C=O) groups is 1. The second-order valence-electron chi connectivity index (χ2n) is 8.42. The fourth-order valence-corrected chi connectivity index (χ4v) is 4.20. The van der Waals surface area contributed by atoms with Gasteiger partial charge in [-0.25, -0.2) is 24.7 Å². The number of benzene rings is 2. The second kappa shape index (κ2) is 10.6. The number of para-hydroxylation sites is 1. The zero-order valence-electron chi connectivity index (χ0n) is 20.5. The van der Waals surface area contributed by atoms with Gasteiger partial charge in [-0.15, -0.1) is 0 Å². The zero-order valence-corrected chi connectivity index (χ0v) is 21.2. The van der Waals surface area contributed by atoms with E-state index in [1.807, 2.05) is 37.3 Å². The number of hydrogen-bond acceptors (Lipinski definition) is 8. The first kappa shape index (κ1) is 25.4. The van der Waals surface area contributed by atoms with E-state index in [-0.39, 0.29) is 16.9 Å². The average Bonchev–Trinajstić information content (AvgIpc) is 2.93. The van der Waals surface area contributed by atoms with Crippen LogP contribution in [0.4, 0.5) is 11.6 Å². The van der Waals surface area contributed by atoms with Crippen LogP contribution < -0.4 is 16.6 Å². The number of anilines is 2. The molecule has 0 saturated carbocycles. The van der Waals surface area contributed by atoms with Crippen molar-refractivity contribution in [1.29, 1.82) is 0 Å². The first-order chi connectivity index (χ1) is 18.8. The number of aromatic carboxylic acids is 1. The minimum atomic E-state index is -1.08. The molecule has 0 fully saturated rings. The molecule has 0 radical (unpaired) electrons. The van der Waals surface area contributed by atoms with Crippen LogP contribution in [-0.4, -0.2) is 35.6 Å².